The van der Waals surface area contributed by atoms with Crippen LogP contribution in [0, 0.1) is 0 Å². The molecule has 106 valence electrons. The Morgan fingerprint density at radius 2 is 2.06 bits per heavy atom. The molecule has 0 amide bonds. The van der Waals surface area contributed by atoms with E-state index in [0.717, 1.165) is 19.0 Å². The van der Waals surface area contributed by atoms with Crippen LogP contribution in [0.3, 0.4) is 0 Å². The van der Waals surface area contributed by atoms with Gasteiger partial charge in [-0.2, -0.15) is 0 Å². The van der Waals surface area contributed by atoms with E-state index < -0.39 is 0 Å². The first-order chi connectivity index (χ1) is 8.52. The van der Waals surface area contributed by atoms with Gasteiger partial charge in [0.25, 0.3) is 0 Å². The zero-order valence-corrected chi connectivity index (χ0v) is 12.5. The van der Waals surface area contributed by atoms with Crippen molar-refractivity contribution in [3.63, 3.8) is 0 Å². The van der Waals surface area contributed by atoms with Gasteiger partial charge in [-0.05, 0) is 39.7 Å². The molecule has 0 aromatic rings. The van der Waals surface area contributed by atoms with E-state index >= 15 is 0 Å². The first-order valence-electron chi connectivity index (χ1n) is 7.79. The molecule has 2 saturated heterocycles. The third-order valence-corrected chi connectivity index (χ3v) is 4.70. The zero-order valence-electron chi connectivity index (χ0n) is 12.5. The first-order valence-corrected chi connectivity index (χ1v) is 7.79. The molecule has 2 fully saturated rings. The Kier molecular flexibility index (Phi) is 4.68. The van der Waals surface area contributed by atoms with Crippen molar-refractivity contribution in [2.75, 3.05) is 26.2 Å². The van der Waals surface area contributed by atoms with Gasteiger partial charge in [0.2, 0.25) is 0 Å². The fourth-order valence-electron chi connectivity index (χ4n) is 3.75. The van der Waals surface area contributed by atoms with E-state index in [1.807, 2.05) is 0 Å². The van der Waals surface area contributed by atoms with Crippen LogP contribution in [0.5, 0.6) is 0 Å². The molecule has 3 unspecified atom stereocenters. The molecular formula is C15H31N3. The lowest BCUT2D eigenvalue weighted by atomic mass is 9.92. The molecule has 0 radical (unpaired) electrons. The summed E-state index contributed by atoms with van der Waals surface area (Å²) in [6.45, 7) is 11.7. The van der Waals surface area contributed by atoms with Gasteiger partial charge in [-0.25, -0.2) is 0 Å². The van der Waals surface area contributed by atoms with Crippen LogP contribution in [0.15, 0.2) is 0 Å². The highest BCUT2D eigenvalue weighted by atomic mass is 15.3. The normalized spacial score (nSPS) is 34.0. The topological polar surface area (TPSA) is 32.5 Å². The van der Waals surface area contributed by atoms with Crippen LogP contribution in [0.25, 0.3) is 0 Å². The lowest BCUT2D eigenvalue weighted by Crippen LogP contribution is -2.62. The van der Waals surface area contributed by atoms with Gasteiger partial charge in [-0.15, -0.1) is 0 Å². The second-order valence-corrected chi connectivity index (χ2v) is 6.83. The highest BCUT2D eigenvalue weighted by Crippen LogP contribution is 2.25. The molecule has 2 aliphatic rings. The zero-order chi connectivity index (χ0) is 13.2. The Bertz CT molecular complexity index is 264. The van der Waals surface area contributed by atoms with Gasteiger partial charge < -0.3 is 5.73 Å². The predicted molar refractivity (Wildman–Crippen MR) is 77.7 cm³/mol. The third-order valence-electron chi connectivity index (χ3n) is 4.70. The summed E-state index contributed by atoms with van der Waals surface area (Å²) in [4.78, 5) is 5.35. The van der Waals surface area contributed by atoms with Gasteiger partial charge in [0, 0.05) is 37.3 Å². The molecule has 0 aliphatic carbocycles. The number of nitrogens with two attached hydrogens (primary N) is 1. The minimum absolute atomic E-state index is 0.0140. The van der Waals surface area contributed by atoms with Gasteiger partial charge in [0.15, 0.2) is 0 Å². The first kappa shape index (κ1) is 14.3. The third kappa shape index (κ3) is 3.46. The summed E-state index contributed by atoms with van der Waals surface area (Å²) < 4.78 is 0. The van der Waals surface area contributed by atoms with E-state index in [1.54, 1.807) is 0 Å². The van der Waals surface area contributed by atoms with Gasteiger partial charge in [-0.1, -0.05) is 19.8 Å². The lowest BCUT2D eigenvalue weighted by Gasteiger charge is -2.49. The lowest BCUT2D eigenvalue weighted by molar-refractivity contribution is 0.00517. The van der Waals surface area contributed by atoms with Crippen molar-refractivity contribution in [3.8, 4) is 0 Å². The smallest absolute Gasteiger partial charge is 0.0254 e. The molecule has 0 bridgehead atoms. The second-order valence-electron chi connectivity index (χ2n) is 6.83. The Morgan fingerprint density at radius 3 is 2.78 bits per heavy atom. The molecule has 0 saturated carbocycles. The quantitative estimate of drug-likeness (QED) is 0.832. The average Bonchev–Trinajstić information content (AvgIpc) is 2.29. The number of nitrogens with zero attached hydrogens (tertiary/aromatic N) is 2. The van der Waals surface area contributed by atoms with E-state index in [0.29, 0.717) is 6.04 Å². The molecule has 3 heteroatoms. The van der Waals surface area contributed by atoms with Gasteiger partial charge in [-0.3, -0.25) is 9.80 Å². The van der Waals surface area contributed by atoms with Gasteiger partial charge in [0.1, 0.15) is 0 Å². The van der Waals surface area contributed by atoms with Crippen molar-refractivity contribution in [3.05, 3.63) is 0 Å². The number of piperidine rings is 1. The maximum absolute atomic E-state index is 6.43. The van der Waals surface area contributed by atoms with Crippen molar-refractivity contribution in [2.45, 2.75) is 70.5 Å². The monoisotopic (exact) mass is 253 g/mol. The predicted octanol–water partition coefficient (Wildman–Crippen LogP) is 2.06. The number of piperazine rings is 1. The molecule has 2 aliphatic heterocycles. The van der Waals surface area contributed by atoms with Crippen LogP contribution in [-0.2, 0) is 0 Å². The SMILES string of the molecule is CCCC(C)(N)CN1CC2CCCCN2CC1C. The van der Waals surface area contributed by atoms with Gasteiger partial charge in [0.05, 0.1) is 0 Å². The standard InChI is InChI=1S/C15H31N3/c1-4-8-15(3,16)12-18-11-14-7-5-6-9-17(14)10-13(18)2/h13-14H,4-12,16H2,1-3H3. The average molecular weight is 253 g/mol. The minimum atomic E-state index is -0.0140. The molecule has 0 aromatic carbocycles. The van der Waals surface area contributed by atoms with Crippen LogP contribution in [-0.4, -0.2) is 53.6 Å². The summed E-state index contributed by atoms with van der Waals surface area (Å²) in [6.07, 6.45) is 6.51. The fraction of sp³-hybridized carbons (Fsp3) is 1.00. The molecule has 0 spiro atoms. The van der Waals surface area contributed by atoms with Crippen molar-refractivity contribution >= 4 is 0 Å². The fourth-order valence-corrected chi connectivity index (χ4v) is 3.75. The molecule has 18 heavy (non-hydrogen) atoms. The molecule has 2 rings (SSSR count). The Hall–Kier alpha value is -0.120. The van der Waals surface area contributed by atoms with E-state index in [9.17, 15) is 0 Å². The number of hydrogen-bond donors (Lipinski definition) is 1. The molecule has 2 heterocycles. The molecular weight excluding hydrogens is 222 g/mol. The van der Waals surface area contributed by atoms with Crippen LogP contribution in [0.4, 0.5) is 0 Å². The molecule has 2 N–H and O–H groups in total. The summed E-state index contributed by atoms with van der Waals surface area (Å²) in [6, 6.07) is 1.46. The number of hydrogen-bond acceptors (Lipinski definition) is 3. The van der Waals surface area contributed by atoms with Crippen LogP contribution >= 0.6 is 0 Å². The highest BCUT2D eigenvalue weighted by molar-refractivity contribution is 4.93. The minimum Gasteiger partial charge on any atom is -0.324 e. The van der Waals surface area contributed by atoms with E-state index in [-0.39, 0.29) is 5.54 Å². The Morgan fingerprint density at radius 1 is 1.28 bits per heavy atom. The molecule has 3 nitrogen and oxygen atoms in total. The summed E-state index contributed by atoms with van der Waals surface area (Å²) in [5.41, 5.74) is 6.42. The molecule has 0 aromatic heterocycles. The highest BCUT2D eigenvalue weighted by Gasteiger charge is 2.35. The maximum atomic E-state index is 6.43. The molecule has 3 atom stereocenters. The second kappa shape index (κ2) is 5.89. The van der Waals surface area contributed by atoms with Crippen LogP contribution < -0.4 is 5.73 Å². The Labute approximate surface area is 113 Å². The summed E-state index contributed by atoms with van der Waals surface area (Å²) in [7, 11) is 0. The van der Waals surface area contributed by atoms with Crippen LogP contribution in [0.1, 0.15) is 52.9 Å². The van der Waals surface area contributed by atoms with Crippen molar-refractivity contribution in [1.29, 1.82) is 0 Å². The number of rotatable bonds is 4. The van der Waals surface area contributed by atoms with Crippen molar-refractivity contribution in [2.24, 2.45) is 5.73 Å². The van der Waals surface area contributed by atoms with Gasteiger partial charge >= 0.3 is 0 Å². The van der Waals surface area contributed by atoms with E-state index in [1.165, 1.54) is 45.3 Å². The van der Waals surface area contributed by atoms with E-state index in [2.05, 4.69) is 30.6 Å². The van der Waals surface area contributed by atoms with E-state index in [4.69, 9.17) is 5.73 Å². The Balaban J connectivity index is 1.92. The maximum Gasteiger partial charge on any atom is 0.0254 e. The number of fused-ring (bicyclic) bond motifs is 1. The summed E-state index contributed by atoms with van der Waals surface area (Å²) in [5.74, 6) is 0. The van der Waals surface area contributed by atoms with Crippen molar-refractivity contribution < 1.29 is 0 Å². The summed E-state index contributed by atoms with van der Waals surface area (Å²) >= 11 is 0. The largest absolute Gasteiger partial charge is 0.324 e. The van der Waals surface area contributed by atoms with Crippen molar-refractivity contribution in [1.82, 2.24) is 9.80 Å². The summed E-state index contributed by atoms with van der Waals surface area (Å²) in [5, 5.41) is 0. The van der Waals surface area contributed by atoms with Crippen LogP contribution in [0.2, 0.25) is 0 Å².